The summed E-state index contributed by atoms with van der Waals surface area (Å²) in [4.78, 5) is 13.6. The van der Waals surface area contributed by atoms with Gasteiger partial charge in [0, 0.05) is 37.9 Å². The molecule has 0 spiro atoms. The van der Waals surface area contributed by atoms with E-state index >= 15 is 0 Å². The summed E-state index contributed by atoms with van der Waals surface area (Å²) < 4.78 is 0. The first-order valence-corrected chi connectivity index (χ1v) is 8.11. The molecule has 0 saturated heterocycles. The van der Waals surface area contributed by atoms with E-state index in [0.717, 1.165) is 43.6 Å². The minimum absolute atomic E-state index is 0.781. The Morgan fingerprint density at radius 3 is 2.48 bits per heavy atom. The molecule has 5 nitrogen and oxygen atoms in total. The molecule has 2 aromatic rings. The fourth-order valence-corrected chi connectivity index (χ4v) is 2.32. The third kappa shape index (κ3) is 5.53. The Labute approximate surface area is 139 Å². The van der Waals surface area contributed by atoms with Crippen LogP contribution in [0.3, 0.4) is 0 Å². The highest BCUT2D eigenvalue weighted by Gasteiger charge is 2.10. The van der Waals surface area contributed by atoms with E-state index in [1.807, 2.05) is 19.1 Å². The lowest BCUT2D eigenvalue weighted by molar-refractivity contribution is 0.425. The molecule has 0 aliphatic rings. The van der Waals surface area contributed by atoms with Gasteiger partial charge in [-0.1, -0.05) is 30.3 Å². The predicted octanol–water partition coefficient (Wildman–Crippen LogP) is 2.79. The second-order valence-electron chi connectivity index (χ2n) is 5.92. The SMILES string of the molecule is CCN(Cc1ccccc1)c1nc(C)cc(NCCN(C)C)n1. The Hall–Kier alpha value is -2.14. The molecule has 0 saturated carbocycles. The van der Waals surface area contributed by atoms with Crippen molar-refractivity contribution in [3.05, 3.63) is 47.7 Å². The fraction of sp³-hybridized carbons (Fsp3) is 0.444. The molecule has 124 valence electrons. The predicted molar refractivity (Wildman–Crippen MR) is 97.0 cm³/mol. The van der Waals surface area contributed by atoms with Gasteiger partial charge in [-0.25, -0.2) is 4.98 Å². The maximum atomic E-state index is 4.68. The van der Waals surface area contributed by atoms with Crippen molar-refractivity contribution >= 4 is 11.8 Å². The topological polar surface area (TPSA) is 44.3 Å². The lowest BCUT2D eigenvalue weighted by Gasteiger charge is -2.22. The van der Waals surface area contributed by atoms with Crippen molar-refractivity contribution in [2.45, 2.75) is 20.4 Å². The van der Waals surface area contributed by atoms with E-state index in [9.17, 15) is 0 Å². The number of likely N-dealkylation sites (N-methyl/N-ethyl adjacent to an activating group) is 1. The Balaban J connectivity index is 2.11. The maximum absolute atomic E-state index is 4.68. The van der Waals surface area contributed by atoms with E-state index in [0.29, 0.717) is 0 Å². The largest absolute Gasteiger partial charge is 0.369 e. The van der Waals surface area contributed by atoms with Crippen LogP contribution >= 0.6 is 0 Å². The van der Waals surface area contributed by atoms with Gasteiger partial charge in [-0.2, -0.15) is 4.98 Å². The number of nitrogens with zero attached hydrogens (tertiary/aromatic N) is 4. The standard InChI is InChI=1S/C18H27N5/c1-5-23(14-16-9-7-6-8-10-16)18-20-15(2)13-17(21-18)19-11-12-22(3)4/h6-10,13H,5,11-12,14H2,1-4H3,(H,19,20,21). The lowest BCUT2D eigenvalue weighted by Crippen LogP contribution is -2.25. The number of hydrogen-bond acceptors (Lipinski definition) is 5. The van der Waals surface area contributed by atoms with Gasteiger partial charge in [0.05, 0.1) is 0 Å². The van der Waals surface area contributed by atoms with Crippen molar-refractivity contribution < 1.29 is 0 Å². The number of anilines is 2. The molecule has 23 heavy (non-hydrogen) atoms. The summed E-state index contributed by atoms with van der Waals surface area (Å²) >= 11 is 0. The van der Waals surface area contributed by atoms with Crippen molar-refractivity contribution in [3.8, 4) is 0 Å². The van der Waals surface area contributed by atoms with Crippen molar-refractivity contribution in [2.24, 2.45) is 0 Å². The van der Waals surface area contributed by atoms with Gasteiger partial charge in [-0.05, 0) is 33.5 Å². The van der Waals surface area contributed by atoms with Gasteiger partial charge in [0.25, 0.3) is 0 Å². The highest BCUT2D eigenvalue weighted by molar-refractivity contribution is 5.44. The normalized spacial score (nSPS) is 10.8. The average molecular weight is 313 g/mol. The van der Waals surface area contributed by atoms with Crippen molar-refractivity contribution in [3.63, 3.8) is 0 Å². The fourth-order valence-electron chi connectivity index (χ4n) is 2.32. The summed E-state index contributed by atoms with van der Waals surface area (Å²) in [6.07, 6.45) is 0. The van der Waals surface area contributed by atoms with Crippen LogP contribution in [-0.2, 0) is 6.54 Å². The Kier molecular flexibility index (Phi) is 6.35. The zero-order chi connectivity index (χ0) is 16.7. The number of aromatic nitrogens is 2. The van der Waals surface area contributed by atoms with Crippen LogP contribution in [0.5, 0.6) is 0 Å². The molecule has 0 fully saturated rings. The molecule has 1 aromatic carbocycles. The molecule has 0 aliphatic carbocycles. The first-order chi connectivity index (χ1) is 11.1. The monoisotopic (exact) mass is 313 g/mol. The van der Waals surface area contributed by atoms with Gasteiger partial charge < -0.3 is 15.1 Å². The molecule has 0 unspecified atom stereocenters. The van der Waals surface area contributed by atoms with E-state index in [2.05, 4.69) is 70.4 Å². The van der Waals surface area contributed by atoms with E-state index in [-0.39, 0.29) is 0 Å². The van der Waals surface area contributed by atoms with Crippen LogP contribution in [0.1, 0.15) is 18.2 Å². The number of rotatable bonds is 8. The third-order valence-corrected chi connectivity index (χ3v) is 3.59. The van der Waals surface area contributed by atoms with Gasteiger partial charge in [-0.3, -0.25) is 0 Å². The number of benzene rings is 1. The molecule has 1 aromatic heterocycles. The van der Waals surface area contributed by atoms with Gasteiger partial charge in [-0.15, -0.1) is 0 Å². The molecule has 0 atom stereocenters. The van der Waals surface area contributed by atoms with E-state index < -0.39 is 0 Å². The summed E-state index contributed by atoms with van der Waals surface area (Å²) in [7, 11) is 4.13. The summed E-state index contributed by atoms with van der Waals surface area (Å²) in [6.45, 7) is 7.67. The van der Waals surface area contributed by atoms with Gasteiger partial charge in [0.15, 0.2) is 0 Å². The molecule has 0 amide bonds. The molecule has 0 radical (unpaired) electrons. The molecule has 0 bridgehead atoms. The second kappa shape index (κ2) is 8.48. The third-order valence-electron chi connectivity index (χ3n) is 3.59. The van der Waals surface area contributed by atoms with Crippen LogP contribution in [0.25, 0.3) is 0 Å². The van der Waals surface area contributed by atoms with Crippen LogP contribution < -0.4 is 10.2 Å². The number of aryl methyl sites for hydroxylation is 1. The van der Waals surface area contributed by atoms with Crippen LogP contribution in [-0.4, -0.2) is 48.6 Å². The maximum Gasteiger partial charge on any atom is 0.227 e. The summed E-state index contributed by atoms with van der Waals surface area (Å²) in [5.74, 6) is 1.67. The van der Waals surface area contributed by atoms with E-state index in [1.165, 1.54) is 5.56 Å². The van der Waals surface area contributed by atoms with Crippen LogP contribution in [0.2, 0.25) is 0 Å². The minimum Gasteiger partial charge on any atom is -0.369 e. The number of hydrogen-bond donors (Lipinski definition) is 1. The van der Waals surface area contributed by atoms with Gasteiger partial charge in [0.1, 0.15) is 5.82 Å². The molecule has 2 rings (SSSR count). The molecule has 1 N–H and O–H groups in total. The quantitative estimate of drug-likeness (QED) is 0.812. The van der Waals surface area contributed by atoms with Crippen molar-refractivity contribution in [1.29, 1.82) is 0 Å². The summed E-state index contributed by atoms with van der Waals surface area (Å²) in [6, 6.07) is 12.4. The Bertz CT molecular complexity index is 598. The van der Waals surface area contributed by atoms with Gasteiger partial charge in [0.2, 0.25) is 5.95 Å². The second-order valence-corrected chi connectivity index (χ2v) is 5.92. The van der Waals surface area contributed by atoms with Crippen LogP contribution in [0.15, 0.2) is 36.4 Å². The lowest BCUT2D eigenvalue weighted by atomic mass is 10.2. The Morgan fingerprint density at radius 1 is 1.09 bits per heavy atom. The van der Waals surface area contributed by atoms with Gasteiger partial charge >= 0.3 is 0 Å². The molecule has 0 aliphatic heterocycles. The zero-order valence-corrected chi connectivity index (χ0v) is 14.6. The highest BCUT2D eigenvalue weighted by Crippen LogP contribution is 2.16. The molecule has 5 heteroatoms. The van der Waals surface area contributed by atoms with E-state index in [4.69, 9.17) is 0 Å². The van der Waals surface area contributed by atoms with Crippen molar-refractivity contribution in [2.75, 3.05) is 43.9 Å². The molecule has 1 heterocycles. The minimum atomic E-state index is 0.781. The summed E-state index contributed by atoms with van der Waals surface area (Å²) in [5.41, 5.74) is 2.25. The first kappa shape index (κ1) is 17.2. The number of nitrogens with one attached hydrogen (secondary N) is 1. The average Bonchev–Trinajstić information content (AvgIpc) is 2.52. The van der Waals surface area contributed by atoms with Crippen LogP contribution in [0.4, 0.5) is 11.8 Å². The van der Waals surface area contributed by atoms with Crippen LogP contribution in [0, 0.1) is 6.92 Å². The smallest absolute Gasteiger partial charge is 0.227 e. The zero-order valence-electron chi connectivity index (χ0n) is 14.6. The van der Waals surface area contributed by atoms with E-state index in [1.54, 1.807) is 0 Å². The summed E-state index contributed by atoms with van der Waals surface area (Å²) in [5, 5.41) is 3.38. The molecular weight excluding hydrogens is 286 g/mol. The Morgan fingerprint density at radius 2 is 1.83 bits per heavy atom. The van der Waals surface area contributed by atoms with Crippen molar-refractivity contribution in [1.82, 2.24) is 14.9 Å². The highest BCUT2D eigenvalue weighted by atomic mass is 15.3. The molecular formula is C18H27N5. The first-order valence-electron chi connectivity index (χ1n) is 8.11.